The smallest absolute Gasteiger partial charge is 0.190 e. The molecule has 40 heavy (non-hydrogen) atoms. The number of rotatable bonds is 4. The molecule has 0 saturated heterocycles. The van der Waals surface area contributed by atoms with Crippen LogP contribution in [0.4, 0.5) is 5.69 Å². The van der Waals surface area contributed by atoms with Gasteiger partial charge in [-0.1, -0.05) is 87.5 Å². The summed E-state index contributed by atoms with van der Waals surface area (Å²) in [5.41, 5.74) is 8.44. The van der Waals surface area contributed by atoms with Crippen molar-refractivity contribution in [3.05, 3.63) is 142 Å². The van der Waals surface area contributed by atoms with Crippen molar-refractivity contribution < 1.29 is 9.53 Å². The molecule has 6 rings (SSSR count). The second-order valence-electron chi connectivity index (χ2n) is 11.9. The number of carbonyl (C=O) groups excluding carboxylic acids is 1. The van der Waals surface area contributed by atoms with Gasteiger partial charge in [0.05, 0.1) is 0 Å². The molecule has 3 aromatic rings. The van der Waals surface area contributed by atoms with E-state index in [4.69, 9.17) is 4.74 Å². The third kappa shape index (κ3) is 4.86. The van der Waals surface area contributed by atoms with Gasteiger partial charge in [-0.15, -0.1) is 0 Å². The highest BCUT2D eigenvalue weighted by Gasteiger charge is 2.38. The summed E-state index contributed by atoms with van der Waals surface area (Å²) in [6.07, 6.45) is 10.6. The van der Waals surface area contributed by atoms with Crippen molar-refractivity contribution in [1.29, 1.82) is 0 Å². The number of hydrogen-bond donors (Lipinski definition) is 0. The SMILES string of the molecule is CCN1CCCc2cc(C=CC3=C/C(=C4/C(=O)c5ccccc5C4c4ccccc4)C=C(C(C)(C)C)O3)ccc21. The molecule has 0 radical (unpaired) electrons. The van der Waals surface area contributed by atoms with E-state index in [1.54, 1.807) is 0 Å². The molecule has 1 aliphatic carbocycles. The molecule has 0 fully saturated rings. The summed E-state index contributed by atoms with van der Waals surface area (Å²) in [6, 6.07) is 25.1. The number of nitrogens with zero attached hydrogens (tertiary/aromatic N) is 1. The largest absolute Gasteiger partial charge is 0.461 e. The van der Waals surface area contributed by atoms with Gasteiger partial charge in [-0.25, -0.2) is 0 Å². The number of aryl methyl sites for hydroxylation is 1. The molecular weight excluding hydrogens is 490 g/mol. The monoisotopic (exact) mass is 527 g/mol. The summed E-state index contributed by atoms with van der Waals surface area (Å²) >= 11 is 0. The summed E-state index contributed by atoms with van der Waals surface area (Å²) in [4.78, 5) is 16.4. The molecule has 3 heteroatoms. The normalized spacial score (nSPS) is 20.6. The zero-order chi connectivity index (χ0) is 27.9. The molecule has 2 aliphatic heterocycles. The fourth-order valence-electron chi connectivity index (χ4n) is 6.11. The van der Waals surface area contributed by atoms with Crippen LogP contribution in [-0.2, 0) is 11.2 Å². The van der Waals surface area contributed by atoms with Crippen molar-refractivity contribution in [2.75, 3.05) is 18.0 Å². The van der Waals surface area contributed by atoms with Crippen LogP contribution in [0.15, 0.2) is 114 Å². The van der Waals surface area contributed by atoms with Gasteiger partial charge in [0, 0.05) is 41.2 Å². The highest BCUT2D eigenvalue weighted by Crippen LogP contribution is 2.45. The van der Waals surface area contributed by atoms with Crippen LogP contribution < -0.4 is 4.90 Å². The molecule has 3 nitrogen and oxygen atoms in total. The first-order chi connectivity index (χ1) is 19.3. The lowest BCUT2D eigenvalue weighted by Gasteiger charge is -2.30. The van der Waals surface area contributed by atoms with Crippen molar-refractivity contribution in [2.24, 2.45) is 5.41 Å². The van der Waals surface area contributed by atoms with Crippen molar-refractivity contribution in [3.8, 4) is 0 Å². The average Bonchev–Trinajstić information content (AvgIpc) is 3.27. The van der Waals surface area contributed by atoms with Gasteiger partial charge in [0.1, 0.15) is 11.5 Å². The highest BCUT2D eigenvalue weighted by molar-refractivity contribution is 6.16. The number of ether oxygens (including phenoxy) is 1. The Balaban J connectivity index is 1.44. The van der Waals surface area contributed by atoms with Gasteiger partial charge in [0.25, 0.3) is 0 Å². The zero-order valence-electron chi connectivity index (χ0n) is 23.9. The van der Waals surface area contributed by atoms with Gasteiger partial charge in [0.15, 0.2) is 5.78 Å². The second-order valence-corrected chi connectivity index (χ2v) is 11.9. The molecule has 0 bridgehead atoms. The predicted octanol–water partition coefficient (Wildman–Crippen LogP) is 8.64. The Labute approximate surface area is 238 Å². The first kappa shape index (κ1) is 26.1. The molecule has 3 aliphatic rings. The lowest BCUT2D eigenvalue weighted by molar-refractivity contribution is 0.103. The number of allylic oxidation sites excluding steroid dienone is 6. The van der Waals surface area contributed by atoms with Crippen LogP contribution in [-0.4, -0.2) is 18.9 Å². The van der Waals surface area contributed by atoms with E-state index in [0.29, 0.717) is 0 Å². The Hall–Kier alpha value is -4.11. The van der Waals surface area contributed by atoms with Crippen LogP contribution in [0.2, 0.25) is 0 Å². The summed E-state index contributed by atoms with van der Waals surface area (Å²) in [6.45, 7) is 10.8. The van der Waals surface area contributed by atoms with E-state index in [0.717, 1.165) is 64.4 Å². The van der Waals surface area contributed by atoms with E-state index in [1.165, 1.54) is 17.7 Å². The lowest BCUT2D eigenvalue weighted by atomic mass is 9.84. The molecule has 0 amide bonds. The van der Waals surface area contributed by atoms with Crippen LogP contribution in [0.3, 0.4) is 0 Å². The lowest BCUT2D eigenvalue weighted by Crippen LogP contribution is -2.28. The van der Waals surface area contributed by atoms with Crippen molar-refractivity contribution in [3.63, 3.8) is 0 Å². The van der Waals surface area contributed by atoms with Gasteiger partial charge >= 0.3 is 0 Å². The number of ketones is 1. The summed E-state index contributed by atoms with van der Waals surface area (Å²) in [7, 11) is 0. The minimum Gasteiger partial charge on any atom is -0.461 e. The minimum absolute atomic E-state index is 0.0978. The number of anilines is 1. The number of fused-ring (bicyclic) bond motifs is 2. The fourth-order valence-corrected chi connectivity index (χ4v) is 6.11. The average molecular weight is 528 g/mol. The number of carbonyl (C=O) groups is 1. The summed E-state index contributed by atoms with van der Waals surface area (Å²) < 4.78 is 6.44. The van der Waals surface area contributed by atoms with Crippen LogP contribution in [0.1, 0.15) is 72.6 Å². The first-order valence-corrected chi connectivity index (χ1v) is 14.4. The standard InChI is InChI=1S/C37H37NO2/c1-5-38-21-11-14-27-22-25(18-20-32(27)38)17-19-29-23-28(24-33(40-29)37(2,3)4)35-34(26-12-7-6-8-13-26)30-15-9-10-16-31(30)36(35)39/h6-10,12-13,15-20,22-24,34H,5,11,14,21H2,1-4H3/b19-17?,35-28-. The third-order valence-electron chi connectivity index (χ3n) is 8.19. The fraction of sp³-hybridized carbons (Fsp3) is 0.270. The maximum absolute atomic E-state index is 13.9. The van der Waals surface area contributed by atoms with Crippen LogP contribution >= 0.6 is 0 Å². The second kappa shape index (κ2) is 10.5. The maximum Gasteiger partial charge on any atom is 0.190 e. The molecule has 3 aromatic carbocycles. The van der Waals surface area contributed by atoms with Gasteiger partial charge in [-0.3, -0.25) is 4.79 Å². The Morgan fingerprint density at radius 1 is 0.950 bits per heavy atom. The Kier molecular flexibility index (Phi) is 6.83. The zero-order valence-corrected chi connectivity index (χ0v) is 23.9. The maximum atomic E-state index is 13.9. The summed E-state index contributed by atoms with van der Waals surface area (Å²) in [5.74, 6) is 1.59. The molecule has 0 aromatic heterocycles. The number of Topliss-reactive ketones (excluding diaryl/α,β-unsaturated/α-hetero) is 1. The van der Waals surface area contributed by atoms with E-state index in [-0.39, 0.29) is 17.1 Å². The van der Waals surface area contributed by atoms with Crippen molar-refractivity contribution in [1.82, 2.24) is 0 Å². The first-order valence-electron chi connectivity index (χ1n) is 14.4. The topological polar surface area (TPSA) is 29.5 Å². The van der Waals surface area contributed by atoms with Crippen LogP contribution in [0.5, 0.6) is 0 Å². The van der Waals surface area contributed by atoms with E-state index in [2.05, 4.69) is 81.1 Å². The van der Waals surface area contributed by atoms with Crippen LogP contribution in [0, 0.1) is 5.41 Å². The third-order valence-corrected chi connectivity index (χ3v) is 8.19. The molecular formula is C37H37NO2. The Bertz CT molecular complexity index is 1580. The van der Waals surface area contributed by atoms with Gasteiger partial charge in [0.2, 0.25) is 0 Å². The van der Waals surface area contributed by atoms with E-state index in [1.807, 2.05) is 48.6 Å². The van der Waals surface area contributed by atoms with E-state index in [9.17, 15) is 4.79 Å². The molecule has 0 saturated carbocycles. The Morgan fingerprint density at radius 2 is 1.73 bits per heavy atom. The molecule has 2 heterocycles. The molecule has 1 unspecified atom stereocenters. The highest BCUT2D eigenvalue weighted by atomic mass is 16.5. The van der Waals surface area contributed by atoms with Gasteiger partial charge < -0.3 is 9.64 Å². The predicted molar refractivity (Wildman–Crippen MR) is 164 cm³/mol. The molecule has 0 spiro atoms. The van der Waals surface area contributed by atoms with E-state index >= 15 is 0 Å². The van der Waals surface area contributed by atoms with Gasteiger partial charge in [-0.2, -0.15) is 0 Å². The summed E-state index contributed by atoms with van der Waals surface area (Å²) in [5, 5.41) is 0. The van der Waals surface area contributed by atoms with Crippen molar-refractivity contribution in [2.45, 2.75) is 46.5 Å². The molecule has 1 atom stereocenters. The van der Waals surface area contributed by atoms with Gasteiger partial charge in [-0.05, 0) is 78.0 Å². The van der Waals surface area contributed by atoms with E-state index < -0.39 is 0 Å². The van der Waals surface area contributed by atoms with Crippen molar-refractivity contribution >= 4 is 17.5 Å². The molecule has 0 N–H and O–H groups in total. The number of hydrogen-bond acceptors (Lipinski definition) is 3. The number of benzene rings is 3. The Morgan fingerprint density at radius 3 is 2.50 bits per heavy atom. The quantitative estimate of drug-likeness (QED) is 0.318. The van der Waals surface area contributed by atoms with Crippen LogP contribution in [0.25, 0.3) is 6.08 Å². The minimum atomic E-state index is -0.217. The molecule has 202 valence electrons.